The lowest BCUT2D eigenvalue weighted by Gasteiger charge is -2.37. The van der Waals surface area contributed by atoms with Gasteiger partial charge in [-0.3, -0.25) is 9.59 Å². The van der Waals surface area contributed by atoms with Gasteiger partial charge in [-0.2, -0.15) is 0 Å². The Kier molecular flexibility index (Phi) is 6.07. The Balaban J connectivity index is 1.64. The van der Waals surface area contributed by atoms with E-state index in [1.165, 1.54) is 0 Å². The number of fused-ring (bicyclic) bond motifs is 2. The first kappa shape index (κ1) is 23.4. The fourth-order valence-electron chi connectivity index (χ4n) is 5.01. The Morgan fingerprint density at radius 2 is 1.68 bits per heavy atom. The van der Waals surface area contributed by atoms with Crippen molar-refractivity contribution < 1.29 is 24.2 Å². The number of Topliss-reactive ketones (excluding diaryl/α,β-unsaturated/α-hetero) is 1. The van der Waals surface area contributed by atoms with Crippen LogP contribution >= 0.6 is 0 Å². The zero-order valence-electron chi connectivity index (χ0n) is 19.5. The van der Waals surface area contributed by atoms with E-state index in [2.05, 4.69) is 0 Å². The van der Waals surface area contributed by atoms with E-state index in [0.29, 0.717) is 0 Å². The molecule has 1 saturated heterocycles. The molecule has 7 atom stereocenters. The van der Waals surface area contributed by atoms with Gasteiger partial charge >= 0.3 is 5.97 Å². The normalized spacial score (nSPS) is 43.5. The Morgan fingerprint density at radius 3 is 2.32 bits per heavy atom. The Labute approximate surface area is 185 Å². The number of allylic oxidation sites excluding steroid dienone is 6. The molecule has 0 aromatic heterocycles. The van der Waals surface area contributed by atoms with Gasteiger partial charge in [-0.05, 0) is 51.8 Å². The van der Waals surface area contributed by atoms with Gasteiger partial charge in [0.25, 0.3) is 0 Å². The molecule has 5 heteroatoms. The lowest BCUT2D eigenvalue weighted by atomic mass is 9.68. The van der Waals surface area contributed by atoms with Crippen LogP contribution in [0.2, 0.25) is 0 Å². The maximum Gasteiger partial charge on any atom is 0.320 e. The predicted molar refractivity (Wildman–Crippen MR) is 120 cm³/mol. The summed E-state index contributed by atoms with van der Waals surface area (Å²) in [6.45, 7) is 13.1. The molecule has 0 spiro atoms. The summed E-state index contributed by atoms with van der Waals surface area (Å²) < 4.78 is 11.5. The minimum atomic E-state index is -1.11. The number of carbonyl (C=O) groups is 2. The van der Waals surface area contributed by atoms with Crippen molar-refractivity contribution in [2.45, 2.75) is 72.4 Å². The molecule has 1 saturated carbocycles. The van der Waals surface area contributed by atoms with Crippen molar-refractivity contribution in [3.8, 4) is 0 Å². The fraction of sp³-hybridized carbons (Fsp3) is 0.538. The van der Waals surface area contributed by atoms with E-state index in [1.54, 1.807) is 13.8 Å². The van der Waals surface area contributed by atoms with Gasteiger partial charge in [0.05, 0.1) is 18.1 Å². The highest BCUT2D eigenvalue weighted by Crippen LogP contribution is 2.60. The van der Waals surface area contributed by atoms with Crippen molar-refractivity contribution in [1.82, 2.24) is 0 Å². The van der Waals surface area contributed by atoms with Gasteiger partial charge < -0.3 is 14.6 Å². The van der Waals surface area contributed by atoms with Crippen LogP contribution < -0.4 is 0 Å². The third-order valence-electron chi connectivity index (χ3n) is 7.43. The van der Waals surface area contributed by atoms with Gasteiger partial charge in [0.2, 0.25) is 0 Å². The van der Waals surface area contributed by atoms with Crippen molar-refractivity contribution in [2.24, 2.45) is 16.7 Å². The van der Waals surface area contributed by atoms with E-state index < -0.39 is 28.5 Å². The minimum Gasteiger partial charge on any atom is -0.460 e. The first-order valence-electron chi connectivity index (χ1n) is 10.9. The van der Waals surface area contributed by atoms with E-state index >= 15 is 0 Å². The Morgan fingerprint density at radius 1 is 1.06 bits per heavy atom. The van der Waals surface area contributed by atoms with Crippen LogP contribution in [-0.2, 0) is 19.1 Å². The number of ether oxygens (including phenoxy) is 2. The Bertz CT molecular complexity index is 918. The van der Waals surface area contributed by atoms with Crippen molar-refractivity contribution in [3.05, 3.63) is 59.8 Å². The molecule has 0 aromatic carbocycles. The number of aliphatic hydroxyl groups is 1. The van der Waals surface area contributed by atoms with Crippen molar-refractivity contribution in [1.29, 1.82) is 0 Å². The predicted octanol–water partition coefficient (Wildman–Crippen LogP) is 4.24. The number of ketones is 1. The summed E-state index contributed by atoms with van der Waals surface area (Å²) >= 11 is 0. The summed E-state index contributed by atoms with van der Waals surface area (Å²) in [5.74, 6) is -0.724. The third-order valence-corrected chi connectivity index (χ3v) is 7.43. The molecule has 1 N–H and O–H groups in total. The molecule has 0 radical (unpaired) electrons. The van der Waals surface area contributed by atoms with Gasteiger partial charge in [0.1, 0.15) is 17.1 Å². The van der Waals surface area contributed by atoms with Crippen LogP contribution in [0, 0.1) is 16.7 Å². The zero-order valence-corrected chi connectivity index (χ0v) is 19.5. The quantitative estimate of drug-likeness (QED) is 0.308. The molecule has 5 nitrogen and oxygen atoms in total. The topological polar surface area (TPSA) is 72.8 Å². The van der Waals surface area contributed by atoms with Gasteiger partial charge in [0.15, 0.2) is 5.78 Å². The molecule has 0 aromatic rings. The summed E-state index contributed by atoms with van der Waals surface area (Å²) in [7, 11) is 0. The highest BCUT2D eigenvalue weighted by atomic mass is 16.6. The minimum absolute atomic E-state index is 0.0320. The largest absolute Gasteiger partial charge is 0.460 e. The molecule has 1 aliphatic carbocycles. The fourth-order valence-corrected chi connectivity index (χ4v) is 5.01. The van der Waals surface area contributed by atoms with Crippen LogP contribution in [0.15, 0.2) is 59.8 Å². The van der Waals surface area contributed by atoms with Crippen LogP contribution in [0.3, 0.4) is 0 Å². The maximum absolute atomic E-state index is 12.6. The molecule has 0 amide bonds. The van der Waals surface area contributed by atoms with Crippen LogP contribution in [0.5, 0.6) is 0 Å². The third kappa shape index (κ3) is 3.68. The van der Waals surface area contributed by atoms with Gasteiger partial charge in [0, 0.05) is 5.41 Å². The summed E-state index contributed by atoms with van der Waals surface area (Å²) in [6, 6.07) is 0. The second kappa shape index (κ2) is 8.03. The molecule has 31 heavy (non-hydrogen) atoms. The molecular formula is C26H34O5. The van der Waals surface area contributed by atoms with E-state index in [4.69, 9.17) is 9.47 Å². The Hall–Kier alpha value is -2.24. The number of hydrogen-bond donors (Lipinski definition) is 1. The van der Waals surface area contributed by atoms with Crippen molar-refractivity contribution in [3.63, 3.8) is 0 Å². The first-order chi connectivity index (χ1) is 14.4. The molecule has 168 valence electrons. The number of esters is 1. The molecule has 3 rings (SSSR count). The summed E-state index contributed by atoms with van der Waals surface area (Å²) in [4.78, 5) is 24.8. The SMILES string of the molecule is CC1=C[C@](C)(O)[C@H](C)O[C@H]1/C(C)=C/C=C/C=C/C=C/[C@]1(C)C2OC(=O)[C@]1(C)C(=O)C2C. The van der Waals surface area contributed by atoms with E-state index in [9.17, 15) is 14.7 Å². The van der Waals surface area contributed by atoms with Crippen LogP contribution in [0.4, 0.5) is 0 Å². The maximum atomic E-state index is 12.6. The standard InChI is InChI=1S/C26H34O5/c1-16(20-17(2)15-25(6,29)19(4)30-20)13-11-9-8-10-12-14-24(5)22-18(3)21(27)26(24,7)23(28)31-22/h8-15,18-20,22,29H,1-7H3/b10-8+,11-9+,14-12+,16-13+/t18?,19-,20-,22?,24+,25-,26-/m0/s1. The summed E-state index contributed by atoms with van der Waals surface area (Å²) in [5, 5.41) is 10.3. The van der Waals surface area contributed by atoms with Crippen LogP contribution in [0.1, 0.15) is 48.5 Å². The highest BCUT2D eigenvalue weighted by molar-refractivity contribution is 6.10. The van der Waals surface area contributed by atoms with Crippen molar-refractivity contribution in [2.75, 3.05) is 0 Å². The van der Waals surface area contributed by atoms with Crippen LogP contribution in [-0.4, -0.2) is 40.8 Å². The van der Waals surface area contributed by atoms with E-state index in [1.807, 2.05) is 83.2 Å². The number of carbonyl (C=O) groups excluding carboxylic acids is 2. The second-order valence-corrected chi connectivity index (χ2v) is 9.70. The summed E-state index contributed by atoms with van der Waals surface area (Å²) in [6.07, 6.45) is 14.5. The zero-order chi connectivity index (χ0) is 23.2. The number of rotatable bonds is 5. The van der Waals surface area contributed by atoms with Gasteiger partial charge in [-0.15, -0.1) is 0 Å². The van der Waals surface area contributed by atoms with E-state index in [-0.39, 0.29) is 23.9 Å². The summed E-state index contributed by atoms with van der Waals surface area (Å²) in [5.41, 5.74) is -0.633. The monoisotopic (exact) mass is 426 g/mol. The molecule has 2 fully saturated rings. The van der Waals surface area contributed by atoms with Gasteiger partial charge in [-0.1, -0.05) is 56.4 Å². The highest BCUT2D eigenvalue weighted by Gasteiger charge is 2.73. The first-order valence-corrected chi connectivity index (χ1v) is 10.9. The van der Waals surface area contributed by atoms with Gasteiger partial charge in [-0.25, -0.2) is 0 Å². The molecule has 2 unspecified atom stereocenters. The van der Waals surface area contributed by atoms with Crippen molar-refractivity contribution >= 4 is 11.8 Å². The van der Waals surface area contributed by atoms with Crippen LogP contribution in [0.25, 0.3) is 0 Å². The average Bonchev–Trinajstić information content (AvgIpc) is 2.97. The molecule has 2 aliphatic heterocycles. The average molecular weight is 427 g/mol. The second-order valence-electron chi connectivity index (χ2n) is 9.70. The molecular weight excluding hydrogens is 392 g/mol. The number of hydrogen-bond acceptors (Lipinski definition) is 5. The lowest BCUT2D eigenvalue weighted by Crippen LogP contribution is -2.44. The molecule has 3 aliphatic rings. The molecule has 2 bridgehead atoms. The molecule has 2 heterocycles. The smallest absolute Gasteiger partial charge is 0.320 e. The lowest BCUT2D eigenvalue weighted by molar-refractivity contribution is -0.161. The van der Waals surface area contributed by atoms with E-state index in [0.717, 1.165) is 11.1 Å².